The Hall–Kier alpha value is -2.08. The molecule has 3 rings (SSSR count). The van der Waals surface area contributed by atoms with Crippen LogP contribution in [0, 0.1) is 11.8 Å². The van der Waals surface area contributed by atoms with Crippen molar-refractivity contribution < 1.29 is 14.7 Å². The molecule has 6 nitrogen and oxygen atoms in total. The maximum absolute atomic E-state index is 12.4. The van der Waals surface area contributed by atoms with Crippen molar-refractivity contribution in [3.8, 4) is 0 Å². The first-order chi connectivity index (χ1) is 13.4. The Labute approximate surface area is 167 Å². The van der Waals surface area contributed by atoms with Crippen molar-refractivity contribution in [1.29, 1.82) is 0 Å². The zero-order valence-corrected chi connectivity index (χ0v) is 17.1. The second kappa shape index (κ2) is 9.41. The number of nitrogens with zero attached hydrogens (tertiary/aromatic N) is 2. The Balaban J connectivity index is 1.39. The molecule has 0 unspecified atom stereocenters. The molecule has 1 aromatic rings. The van der Waals surface area contributed by atoms with Crippen LogP contribution in [0.25, 0.3) is 0 Å². The number of carboxylic acids is 1. The molecule has 154 valence electrons. The summed E-state index contributed by atoms with van der Waals surface area (Å²) in [7, 11) is 0. The average molecular weight is 388 g/mol. The molecule has 0 bridgehead atoms. The maximum Gasteiger partial charge on any atom is 0.335 e. The molecule has 6 heteroatoms. The van der Waals surface area contributed by atoms with E-state index in [0.29, 0.717) is 12.6 Å². The lowest BCUT2D eigenvalue weighted by molar-refractivity contribution is 0.0696. The van der Waals surface area contributed by atoms with Gasteiger partial charge in [0.25, 0.3) is 0 Å². The molecule has 0 spiro atoms. The van der Waals surface area contributed by atoms with Gasteiger partial charge in [0.15, 0.2) is 0 Å². The Morgan fingerprint density at radius 3 is 2.18 bits per heavy atom. The number of piperazine rings is 1. The standard InChI is InChI=1S/C22H33N3O3/c1-16(2)18-7-9-20(10-8-18)24-11-13-25(14-12-24)22(28)23-15-17-3-5-19(6-4-17)21(26)27/h3-6,16,18,20H,7-15H2,1-2H3,(H,23,28)(H,26,27). The van der Waals surface area contributed by atoms with Gasteiger partial charge in [-0.1, -0.05) is 26.0 Å². The molecule has 1 aliphatic heterocycles. The summed E-state index contributed by atoms with van der Waals surface area (Å²) >= 11 is 0. The Kier molecular flexibility index (Phi) is 6.94. The quantitative estimate of drug-likeness (QED) is 0.812. The lowest BCUT2D eigenvalue weighted by atomic mass is 9.79. The summed E-state index contributed by atoms with van der Waals surface area (Å²) in [6.45, 7) is 8.54. The molecule has 1 aromatic carbocycles. The molecule has 0 atom stereocenters. The SMILES string of the molecule is CC(C)C1CCC(N2CCN(C(=O)NCc3ccc(C(=O)O)cc3)CC2)CC1. The zero-order valence-electron chi connectivity index (χ0n) is 17.1. The number of urea groups is 1. The number of hydrogen-bond donors (Lipinski definition) is 2. The molecule has 2 amide bonds. The van der Waals surface area contributed by atoms with Crippen molar-refractivity contribution in [2.75, 3.05) is 26.2 Å². The Morgan fingerprint density at radius 1 is 1.04 bits per heavy atom. The summed E-state index contributed by atoms with van der Waals surface area (Å²) in [5, 5.41) is 11.9. The van der Waals surface area contributed by atoms with E-state index in [0.717, 1.165) is 43.6 Å². The van der Waals surface area contributed by atoms with Crippen LogP contribution in [0.1, 0.15) is 55.5 Å². The third-order valence-electron chi connectivity index (χ3n) is 6.45. The van der Waals surface area contributed by atoms with Gasteiger partial charge < -0.3 is 15.3 Å². The number of carbonyl (C=O) groups excluding carboxylic acids is 1. The van der Waals surface area contributed by atoms with E-state index in [1.165, 1.54) is 25.7 Å². The van der Waals surface area contributed by atoms with Crippen molar-refractivity contribution in [3.63, 3.8) is 0 Å². The highest BCUT2D eigenvalue weighted by molar-refractivity contribution is 5.87. The minimum absolute atomic E-state index is 0.0366. The minimum atomic E-state index is -0.939. The number of hydrogen-bond acceptors (Lipinski definition) is 3. The molecular weight excluding hydrogens is 354 g/mol. The lowest BCUT2D eigenvalue weighted by Crippen LogP contribution is -2.54. The minimum Gasteiger partial charge on any atom is -0.478 e. The monoisotopic (exact) mass is 387 g/mol. The van der Waals surface area contributed by atoms with E-state index in [2.05, 4.69) is 24.1 Å². The van der Waals surface area contributed by atoms with Gasteiger partial charge in [-0.25, -0.2) is 9.59 Å². The van der Waals surface area contributed by atoms with E-state index in [1.807, 2.05) is 4.90 Å². The van der Waals surface area contributed by atoms with Gasteiger partial charge in [0.1, 0.15) is 0 Å². The number of benzene rings is 1. The third-order valence-corrected chi connectivity index (χ3v) is 6.45. The summed E-state index contributed by atoms with van der Waals surface area (Å²) in [5.74, 6) is 0.737. The van der Waals surface area contributed by atoms with Gasteiger partial charge in [0.05, 0.1) is 5.56 Å². The van der Waals surface area contributed by atoms with Crippen LogP contribution in [0.5, 0.6) is 0 Å². The fourth-order valence-corrected chi connectivity index (χ4v) is 4.48. The number of carbonyl (C=O) groups is 2. The second-order valence-corrected chi connectivity index (χ2v) is 8.50. The predicted octanol–water partition coefficient (Wildman–Crippen LogP) is 3.43. The van der Waals surface area contributed by atoms with Crippen molar-refractivity contribution in [3.05, 3.63) is 35.4 Å². The molecule has 2 N–H and O–H groups in total. The van der Waals surface area contributed by atoms with Gasteiger partial charge >= 0.3 is 12.0 Å². The van der Waals surface area contributed by atoms with Crippen LogP contribution in [-0.4, -0.2) is 59.1 Å². The van der Waals surface area contributed by atoms with E-state index in [4.69, 9.17) is 5.11 Å². The number of aromatic carboxylic acids is 1. The molecule has 1 saturated carbocycles. The fraction of sp³-hybridized carbons (Fsp3) is 0.636. The molecular formula is C22H33N3O3. The summed E-state index contributed by atoms with van der Waals surface area (Å²) in [6.07, 6.45) is 5.26. The largest absolute Gasteiger partial charge is 0.478 e. The van der Waals surface area contributed by atoms with Crippen LogP contribution < -0.4 is 5.32 Å². The van der Waals surface area contributed by atoms with Crippen molar-refractivity contribution in [2.24, 2.45) is 11.8 Å². The van der Waals surface area contributed by atoms with Crippen molar-refractivity contribution in [2.45, 2.75) is 52.1 Å². The van der Waals surface area contributed by atoms with Gasteiger partial charge in [-0.3, -0.25) is 4.90 Å². The van der Waals surface area contributed by atoms with E-state index in [1.54, 1.807) is 24.3 Å². The van der Waals surface area contributed by atoms with E-state index in [-0.39, 0.29) is 11.6 Å². The second-order valence-electron chi connectivity index (χ2n) is 8.50. The van der Waals surface area contributed by atoms with Crippen LogP contribution in [0.3, 0.4) is 0 Å². The smallest absolute Gasteiger partial charge is 0.335 e. The van der Waals surface area contributed by atoms with Gasteiger partial charge in [0.2, 0.25) is 0 Å². The summed E-state index contributed by atoms with van der Waals surface area (Å²) in [4.78, 5) is 27.8. The molecule has 2 fully saturated rings. The highest BCUT2D eigenvalue weighted by Crippen LogP contribution is 2.32. The summed E-state index contributed by atoms with van der Waals surface area (Å²) in [6, 6.07) is 7.27. The molecule has 1 heterocycles. The van der Waals surface area contributed by atoms with Crippen LogP contribution in [0.4, 0.5) is 4.79 Å². The number of rotatable bonds is 5. The third kappa shape index (κ3) is 5.25. The van der Waals surface area contributed by atoms with Crippen molar-refractivity contribution >= 4 is 12.0 Å². The number of amides is 2. The topological polar surface area (TPSA) is 72.9 Å². The molecule has 0 radical (unpaired) electrons. The predicted molar refractivity (Wildman–Crippen MR) is 109 cm³/mol. The summed E-state index contributed by atoms with van der Waals surface area (Å²) in [5.41, 5.74) is 1.16. The molecule has 0 aromatic heterocycles. The normalized spacial score (nSPS) is 23.6. The zero-order chi connectivity index (χ0) is 20.1. The Bertz CT molecular complexity index is 658. The first kappa shape index (κ1) is 20.6. The number of nitrogens with one attached hydrogen (secondary N) is 1. The van der Waals surface area contributed by atoms with Gasteiger partial charge in [-0.15, -0.1) is 0 Å². The first-order valence-corrected chi connectivity index (χ1v) is 10.5. The van der Waals surface area contributed by atoms with Gasteiger partial charge in [0, 0.05) is 38.8 Å². The van der Waals surface area contributed by atoms with Crippen LogP contribution >= 0.6 is 0 Å². The lowest BCUT2D eigenvalue weighted by Gasteiger charge is -2.42. The molecule has 2 aliphatic rings. The van der Waals surface area contributed by atoms with Crippen LogP contribution in [0.15, 0.2) is 24.3 Å². The maximum atomic E-state index is 12.4. The average Bonchev–Trinajstić information content (AvgIpc) is 2.72. The summed E-state index contributed by atoms with van der Waals surface area (Å²) < 4.78 is 0. The van der Waals surface area contributed by atoms with Gasteiger partial charge in [-0.05, 0) is 55.2 Å². The molecule has 1 aliphatic carbocycles. The van der Waals surface area contributed by atoms with E-state index in [9.17, 15) is 9.59 Å². The fourth-order valence-electron chi connectivity index (χ4n) is 4.48. The van der Waals surface area contributed by atoms with Crippen molar-refractivity contribution in [1.82, 2.24) is 15.1 Å². The number of carboxylic acid groups (broad SMARTS) is 1. The van der Waals surface area contributed by atoms with E-state index >= 15 is 0 Å². The molecule has 1 saturated heterocycles. The van der Waals surface area contributed by atoms with Gasteiger partial charge in [-0.2, -0.15) is 0 Å². The highest BCUT2D eigenvalue weighted by Gasteiger charge is 2.30. The first-order valence-electron chi connectivity index (χ1n) is 10.5. The molecule has 28 heavy (non-hydrogen) atoms. The highest BCUT2D eigenvalue weighted by atomic mass is 16.4. The van der Waals surface area contributed by atoms with Crippen LogP contribution in [-0.2, 0) is 6.54 Å². The van der Waals surface area contributed by atoms with Crippen LogP contribution in [0.2, 0.25) is 0 Å². The Morgan fingerprint density at radius 2 is 1.64 bits per heavy atom. The van der Waals surface area contributed by atoms with E-state index < -0.39 is 5.97 Å².